The molecular weight excluding hydrogens is 206 g/mol. The number of allylic oxidation sites excluding steroid dienone is 1. The lowest BCUT2D eigenvalue weighted by Crippen LogP contribution is -2.02. The molecule has 1 aliphatic rings. The van der Waals surface area contributed by atoms with Gasteiger partial charge in [-0.1, -0.05) is 43.5 Å². The number of aromatic nitrogens is 1. The summed E-state index contributed by atoms with van der Waals surface area (Å²) < 4.78 is 0. The predicted molar refractivity (Wildman–Crippen MR) is 73.9 cm³/mol. The minimum Gasteiger partial charge on any atom is -0.355 e. The maximum absolute atomic E-state index is 3.45. The third-order valence-electron chi connectivity index (χ3n) is 3.75. The van der Waals surface area contributed by atoms with Gasteiger partial charge >= 0.3 is 0 Å². The Bertz CT molecular complexity index is 482. The quantitative estimate of drug-likeness (QED) is 0.758. The Hall–Kier alpha value is -1.50. The fourth-order valence-electron chi connectivity index (χ4n) is 2.75. The van der Waals surface area contributed by atoms with E-state index in [0.29, 0.717) is 0 Å². The van der Waals surface area contributed by atoms with Crippen molar-refractivity contribution >= 4 is 17.0 Å². The van der Waals surface area contributed by atoms with Gasteiger partial charge in [0.05, 0.1) is 0 Å². The number of H-pyrrole nitrogens is 1. The predicted octanol–water partition coefficient (Wildman–Crippen LogP) is 4.76. The minimum absolute atomic E-state index is 0.801. The van der Waals surface area contributed by atoms with Crippen LogP contribution in [0.25, 0.3) is 17.0 Å². The molecule has 1 fully saturated rings. The highest BCUT2D eigenvalue weighted by Crippen LogP contribution is 2.25. The van der Waals surface area contributed by atoms with Crippen LogP contribution in [0.3, 0.4) is 0 Å². The van der Waals surface area contributed by atoms with E-state index in [2.05, 4.69) is 47.5 Å². The van der Waals surface area contributed by atoms with Gasteiger partial charge in [0.15, 0.2) is 0 Å². The molecule has 0 unspecified atom stereocenters. The zero-order valence-electron chi connectivity index (χ0n) is 10.2. The first-order valence-electron chi connectivity index (χ1n) is 6.68. The van der Waals surface area contributed by atoms with Gasteiger partial charge in [-0.05, 0) is 42.4 Å². The molecule has 1 N–H and O–H groups in total. The van der Waals surface area contributed by atoms with Crippen LogP contribution in [0.4, 0.5) is 0 Å². The number of hydrogen-bond donors (Lipinski definition) is 1. The molecule has 0 bridgehead atoms. The van der Waals surface area contributed by atoms with Gasteiger partial charge in [0.1, 0.15) is 0 Å². The van der Waals surface area contributed by atoms with E-state index in [-0.39, 0.29) is 0 Å². The summed E-state index contributed by atoms with van der Waals surface area (Å²) in [4.78, 5) is 3.45. The highest BCUT2D eigenvalue weighted by molar-refractivity contribution is 5.82. The van der Waals surface area contributed by atoms with Crippen LogP contribution in [-0.2, 0) is 0 Å². The van der Waals surface area contributed by atoms with E-state index in [0.717, 1.165) is 5.92 Å². The SMILES string of the molecule is C(=C\C1CCCCC1)/c1cc2ccccc2[nH]1. The number of para-hydroxylation sites is 1. The number of nitrogens with one attached hydrogen (secondary N) is 1. The molecule has 0 spiro atoms. The molecule has 1 nitrogen and oxygen atoms in total. The summed E-state index contributed by atoms with van der Waals surface area (Å²) >= 11 is 0. The molecular formula is C16H19N. The van der Waals surface area contributed by atoms with Crippen LogP contribution in [0.5, 0.6) is 0 Å². The lowest BCUT2D eigenvalue weighted by molar-refractivity contribution is 0.420. The molecule has 2 aromatic rings. The molecule has 17 heavy (non-hydrogen) atoms. The maximum atomic E-state index is 3.45. The molecule has 3 rings (SSSR count). The normalized spacial score (nSPS) is 18.1. The molecule has 1 heteroatoms. The summed E-state index contributed by atoms with van der Waals surface area (Å²) in [5.41, 5.74) is 2.47. The topological polar surface area (TPSA) is 15.8 Å². The second-order valence-corrected chi connectivity index (χ2v) is 5.07. The zero-order chi connectivity index (χ0) is 11.5. The number of aromatic amines is 1. The van der Waals surface area contributed by atoms with Crippen LogP contribution in [0.15, 0.2) is 36.4 Å². The average molecular weight is 225 g/mol. The first-order chi connectivity index (χ1) is 8.42. The van der Waals surface area contributed by atoms with Gasteiger partial charge in [0, 0.05) is 11.2 Å². The monoisotopic (exact) mass is 225 g/mol. The van der Waals surface area contributed by atoms with Gasteiger partial charge in [0.25, 0.3) is 0 Å². The van der Waals surface area contributed by atoms with Crippen molar-refractivity contribution in [1.82, 2.24) is 4.98 Å². The third-order valence-corrected chi connectivity index (χ3v) is 3.75. The van der Waals surface area contributed by atoms with Crippen molar-refractivity contribution < 1.29 is 0 Å². The maximum Gasteiger partial charge on any atom is 0.0458 e. The van der Waals surface area contributed by atoms with Gasteiger partial charge in [-0.15, -0.1) is 0 Å². The number of rotatable bonds is 2. The molecule has 1 saturated carbocycles. The van der Waals surface area contributed by atoms with Crippen LogP contribution >= 0.6 is 0 Å². The number of benzene rings is 1. The van der Waals surface area contributed by atoms with E-state index in [1.54, 1.807) is 0 Å². The molecule has 88 valence electrons. The minimum atomic E-state index is 0.801. The summed E-state index contributed by atoms with van der Waals surface area (Å²) in [7, 11) is 0. The Labute approximate surface area is 103 Å². The van der Waals surface area contributed by atoms with E-state index in [1.807, 2.05) is 0 Å². The van der Waals surface area contributed by atoms with E-state index < -0.39 is 0 Å². The van der Waals surface area contributed by atoms with Crippen LogP contribution in [0, 0.1) is 5.92 Å². The van der Waals surface area contributed by atoms with Crippen molar-refractivity contribution in [2.45, 2.75) is 32.1 Å². The largest absolute Gasteiger partial charge is 0.355 e. The molecule has 0 saturated heterocycles. The van der Waals surface area contributed by atoms with E-state index in [9.17, 15) is 0 Å². The molecule has 1 aromatic heterocycles. The fraction of sp³-hybridized carbons (Fsp3) is 0.375. The van der Waals surface area contributed by atoms with Crippen molar-refractivity contribution in [3.63, 3.8) is 0 Å². The Balaban J connectivity index is 1.77. The van der Waals surface area contributed by atoms with E-state index >= 15 is 0 Å². The second kappa shape index (κ2) is 4.79. The molecule has 0 amide bonds. The summed E-state index contributed by atoms with van der Waals surface area (Å²) in [6, 6.07) is 10.7. The number of fused-ring (bicyclic) bond motifs is 1. The van der Waals surface area contributed by atoms with E-state index in [1.165, 1.54) is 48.7 Å². The van der Waals surface area contributed by atoms with E-state index in [4.69, 9.17) is 0 Å². The van der Waals surface area contributed by atoms with Gasteiger partial charge in [-0.3, -0.25) is 0 Å². The highest BCUT2D eigenvalue weighted by Gasteiger charge is 2.09. The van der Waals surface area contributed by atoms with Gasteiger partial charge in [0.2, 0.25) is 0 Å². The van der Waals surface area contributed by atoms with Gasteiger partial charge < -0.3 is 4.98 Å². The summed E-state index contributed by atoms with van der Waals surface area (Å²) in [5.74, 6) is 0.801. The first kappa shape index (κ1) is 10.6. The van der Waals surface area contributed by atoms with Crippen molar-refractivity contribution in [1.29, 1.82) is 0 Å². The summed E-state index contributed by atoms with van der Waals surface area (Å²) in [5, 5.41) is 1.30. The van der Waals surface area contributed by atoms with Crippen molar-refractivity contribution in [3.8, 4) is 0 Å². The van der Waals surface area contributed by atoms with Crippen molar-refractivity contribution in [3.05, 3.63) is 42.1 Å². The molecule has 0 radical (unpaired) electrons. The highest BCUT2D eigenvalue weighted by atomic mass is 14.7. The smallest absolute Gasteiger partial charge is 0.0458 e. The molecule has 0 aliphatic heterocycles. The zero-order valence-corrected chi connectivity index (χ0v) is 10.2. The number of hydrogen-bond acceptors (Lipinski definition) is 0. The first-order valence-corrected chi connectivity index (χ1v) is 6.68. The Kier molecular flexibility index (Phi) is 3.00. The lowest BCUT2D eigenvalue weighted by Gasteiger charge is -2.17. The van der Waals surface area contributed by atoms with Crippen LogP contribution < -0.4 is 0 Å². The van der Waals surface area contributed by atoms with Gasteiger partial charge in [-0.25, -0.2) is 0 Å². The Morgan fingerprint density at radius 3 is 2.71 bits per heavy atom. The second-order valence-electron chi connectivity index (χ2n) is 5.07. The average Bonchev–Trinajstić information content (AvgIpc) is 2.80. The van der Waals surface area contributed by atoms with Crippen LogP contribution in [0.1, 0.15) is 37.8 Å². The molecule has 0 atom stereocenters. The van der Waals surface area contributed by atoms with Crippen molar-refractivity contribution in [2.24, 2.45) is 5.92 Å². The summed E-state index contributed by atoms with van der Waals surface area (Å²) in [6.07, 6.45) is 11.6. The van der Waals surface area contributed by atoms with Crippen LogP contribution in [-0.4, -0.2) is 4.98 Å². The van der Waals surface area contributed by atoms with Crippen LogP contribution in [0.2, 0.25) is 0 Å². The molecule has 1 aromatic carbocycles. The Morgan fingerprint density at radius 2 is 1.88 bits per heavy atom. The third kappa shape index (κ3) is 2.44. The molecule has 1 heterocycles. The lowest BCUT2D eigenvalue weighted by atomic mass is 9.89. The van der Waals surface area contributed by atoms with Crippen molar-refractivity contribution in [2.75, 3.05) is 0 Å². The molecule has 1 aliphatic carbocycles. The van der Waals surface area contributed by atoms with Gasteiger partial charge in [-0.2, -0.15) is 0 Å². The fourth-order valence-corrected chi connectivity index (χ4v) is 2.75. The summed E-state index contributed by atoms with van der Waals surface area (Å²) in [6.45, 7) is 0. The Morgan fingerprint density at radius 1 is 1.06 bits per heavy atom. The standard InChI is InChI=1S/C16H19N/c1-2-6-13(7-3-1)10-11-15-12-14-8-4-5-9-16(14)17-15/h4-5,8-13,17H,1-3,6-7H2/b11-10+.